The highest BCUT2D eigenvalue weighted by atomic mass is 32.1. The number of nitrogens with zero attached hydrogens (tertiary/aromatic N) is 2. The summed E-state index contributed by atoms with van der Waals surface area (Å²) in [6.07, 6.45) is 6.20. The SMILES string of the molecule is COc1ncc(NC(=O)/C=C/c2cccs2)cn1. The second-order valence-electron chi connectivity index (χ2n) is 3.30. The van der Waals surface area contributed by atoms with E-state index in [1.807, 2.05) is 17.5 Å². The number of hydrogen-bond donors (Lipinski definition) is 1. The van der Waals surface area contributed by atoms with Gasteiger partial charge in [-0.1, -0.05) is 6.07 Å². The van der Waals surface area contributed by atoms with E-state index in [4.69, 9.17) is 4.74 Å². The Kier molecular flexibility index (Phi) is 4.03. The second-order valence-corrected chi connectivity index (χ2v) is 4.28. The molecular weight excluding hydrogens is 250 g/mol. The maximum atomic E-state index is 11.6. The fourth-order valence-electron chi connectivity index (χ4n) is 1.21. The molecule has 1 N–H and O–H groups in total. The molecule has 0 spiro atoms. The summed E-state index contributed by atoms with van der Waals surface area (Å²) >= 11 is 1.57. The Balaban J connectivity index is 1.94. The van der Waals surface area contributed by atoms with Crippen molar-refractivity contribution in [1.82, 2.24) is 9.97 Å². The van der Waals surface area contributed by atoms with Crippen molar-refractivity contribution in [2.75, 3.05) is 12.4 Å². The van der Waals surface area contributed by atoms with Crippen LogP contribution in [-0.4, -0.2) is 23.0 Å². The van der Waals surface area contributed by atoms with Crippen LogP contribution in [0.1, 0.15) is 4.88 Å². The van der Waals surface area contributed by atoms with Gasteiger partial charge in [-0.25, -0.2) is 9.97 Å². The van der Waals surface area contributed by atoms with Crippen molar-refractivity contribution in [3.05, 3.63) is 40.9 Å². The molecule has 0 fully saturated rings. The summed E-state index contributed by atoms with van der Waals surface area (Å²) in [7, 11) is 1.48. The largest absolute Gasteiger partial charge is 0.467 e. The topological polar surface area (TPSA) is 64.1 Å². The third-order valence-electron chi connectivity index (χ3n) is 2.02. The van der Waals surface area contributed by atoms with Crippen LogP contribution < -0.4 is 10.1 Å². The van der Waals surface area contributed by atoms with Crippen molar-refractivity contribution in [2.45, 2.75) is 0 Å². The molecule has 0 bridgehead atoms. The molecule has 0 aliphatic heterocycles. The minimum Gasteiger partial charge on any atom is -0.467 e. The van der Waals surface area contributed by atoms with E-state index in [2.05, 4.69) is 15.3 Å². The highest BCUT2D eigenvalue weighted by Gasteiger charge is 2.00. The quantitative estimate of drug-likeness (QED) is 0.857. The van der Waals surface area contributed by atoms with Crippen LogP contribution in [0.5, 0.6) is 6.01 Å². The predicted octanol–water partition coefficient (Wildman–Crippen LogP) is 2.20. The molecule has 0 aliphatic rings. The van der Waals surface area contributed by atoms with E-state index in [9.17, 15) is 4.79 Å². The summed E-state index contributed by atoms with van der Waals surface area (Å²) in [4.78, 5) is 20.4. The van der Waals surface area contributed by atoms with Gasteiger partial charge >= 0.3 is 6.01 Å². The molecule has 0 atom stereocenters. The summed E-state index contributed by atoms with van der Waals surface area (Å²) in [5.41, 5.74) is 0.525. The smallest absolute Gasteiger partial charge is 0.316 e. The molecular formula is C12H11N3O2S. The summed E-state index contributed by atoms with van der Waals surface area (Å²) in [6, 6.07) is 4.13. The van der Waals surface area contributed by atoms with E-state index in [1.165, 1.54) is 25.6 Å². The molecule has 2 aromatic heterocycles. The molecule has 18 heavy (non-hydrogen) atoms. The minimum atomic E-state index is -0.225. The van der Waals surface area contributed by atoms with Crippen LogP contribution in [-0.2, 0) is 4.79 Å². The maximum Gasteiger partial charge on any atom is 0.316 e. The van der Waals surface area contributed by atoms with Crippen LogP contribution in [0.25, 0.3) is 6.08 Å². The summed E-state index contributed by atoms with van der Waals surface area (Å²) in [5.74, 6) is -0.225. The van der Waals surface area contributed by atoms with Crippen molar-refractivity contribution in [3.8, 4) is 6.01 Å². The van der Waals surface area contributed by atoms with Gasteiger partial charge in [0.05, 0.1) is 25.2 Å². The summed E-state index contributed by atoms with van der Waals surface area (Å²) in [6.45, 7) is 0. The number of anilines is 1. The maximum absolute atomic E-state index is 11.6. The van der Waals surface area contributed by atoms with Gasteiger partial charge in [0.15, 0.2) is 0 Å². The molecule has 92 valence electrons. The Bertz CT molecular complexity index is 535. The van der Waals surface area contributed by atoms with Crippen LogP contribution >= 0.6 is 11.3 Å². The van der Waals surface area contributed by atoms with Crippen molar-refractivity contribution in [3.63, 3.8) is 0 Å². The number of ether oxygens (including phenoxy) is 1. The average molecular weight is 261 g/mol. The Labute approximate surface area is 108 Å². The van der Waals surface area contributed by atoms with Gasteiger partial charge in [0, 0.05) is 11.0 Å². The monoisotopic (exact) mass is 261 g/mol. The highest BCUT2D eigenvalue weighted by Crippen LogP contribution is 2.11. The summed E-state index contributed by atoms with van der Waals surface area (Å²) in [5, 5.41) is 4.61. The lowest BCUT2D eigenvalue weighted by atomic mass is 10.4. The van der Waals surface area contributed by atoms with Gasteiger partial charge in [-0.05, 0) is 17.5 Å². The fourth-order valence-corrected chi connectivity index (χ4v) is 1.83. The first-order chi connectivity index (χ1) is 8.78. The molecule has 0 unspecified atom stereocenters. The molecule has 0 aliphatic carbocycles. The third-order valence-corrected chi connectivity index (χ3v) is 2.86. The number of carbonyl (C=O) groups excluding carboxylic acids is 1. The van der Waals surface area contributed by atoms with Gasteiger partial charge in [-0.2, -0.15) is 0 Å². The molecule has 0 saturated heterocycles. The Morgan fingerprint density at radius 1 is 1.44 bits per heavy atom. The molecule has 2 aromatic rings. The van der Waals surface area contributed by atoms with Gasteiger partial charge < -0.3 is 10.1 Å². The second kappa shape index (κ2) is 5.92. The number of thiophene rings is 1. The van der Waals surface area contributed by atoms with E-state index >= 15 is 0 Å². The Morgan fingerprint density at radius 2 is 2.22 bits per heavy atom. The van der Waals surface area contributed by atoms with Crippen molar-refractivity contribution >= 4 is 29.0 Å². The van der Waals surface area contributed by atoms with Gasteiger partial charge in [-0.3, -0.25) is 4.79 Å². The van der Waals surface area contributed by atoms with Gasteiger partial charge in [-0.15, -0.1) is 11.3 Å². The van der Waals surface area contributed by atoms with Crippen molar-refractivity contribution in [1.29, 1.82) is 0 Å². The first kappa shape index (κ1) is 12.3. The average Bonchev–Trinajstić information content (AvgIpc) is 2.90. The highest BCUT2D eigenvalue weighted by molar-refractivity contribution is 7.10. The Morgan fingerprint density at radius 3 is 2.83 bits per heavy atom. The van der Waals surface area contributed by atoms with Crippen LogP contribution in [0.2, 0.25) is 0 Å². The minimum absolute atomic E-state index is 0.225. The number of nitrogens with one attached hydrogen (secondary N) is 1. The van der Waals surface area contributed by atoms with Crippen LogP contribution in [0, 0.1) is 0 Å². The number of hydrogen-bond acceptors (Lipinski definition) is 5. The molecule has 2 heterocycles. The lowest BCUT2D eigenvalue weighted by Gasteiger charge is -2.01. The summed E-state index contributed by atoms with van der Waals surface area (Å²) < 4.78 is 4.82. The lowest BCUT2D eigenvalue weighted by molar-refractivity contribution is -0.111. The van der Waals surface area contributed by atoms with E-state index < -0.39 is 0 Å². The first-order valence-corrected chi connectivity index (χ1v) is 6.04. The van der Waals surface area contributed by atoms with Gasteiger partial charge in [0.2, 0.25) is 5.91 Å². The Hall–Kier alpha value is -2.21. The molecule has 5 nitrogen and oxygen atoms in total. The van der Waals surface area contributed by atoms with E-state index in [0.29, 0.717) is 5.69 Å². The van der Waals surface area contributed by atoms with Gasteiger partial charge in [0.1, 0.15) is 0 Å². The molecule has 6 heteroatoms. The first-order valence-electron chi connectivity index (χ1n) is 5.16. The molecule has 0 saturated carbocycles. The third kappa shape index (κ3) is 3.39. The van der Waals surface area contributed by atoms with Crippen LogP contribution in [0.15, 0.2) is 36.0 Å². The molecule has 2 rings (SSSR count). The number of methoxy groups -OCH3 is 1. The number of amides is 1. The number of carbonyl (C=O) groups is 1. The van der Waals surface area contributed by atoms with E-state index in [0.717, 1.165) is 4.88 Å². The molecule has 0 aromatic carbocycles. The number of aromatic nitrogens is 2. The number of rotatable bonds is 4. The van der Waals surface area contributed by atoms with Gasteiger partial charge in [0.25, 0.3) is 0 Å². The van der Waals surface area contributed by atoms with Crippen LogP contribution in [0.4, 0.5) is 5.69 Å². The lowest BCUT2D eigenvalue weighted by Crippen LogP contribution is -2.08. The normalized spacial score (nSPS) is 10.5. The van der Waals surface area contributed by atoms with Crippen LogP contribution in [0.3, 0.4) is 0 Å². The fraction of sp³-hybridized carbons (Fsp3) is 0.0833. The predicted molar refractivity (Wildman–Crippen MR) is 70.6 cm³/mol. The molecule has 1 amide bonds. The van der Waals surface area contributed by atoms with Crippen molar-refractivity contribution in [2.24, 2.45) is 0 Å². The zero-order valence-electron chi connectivity index (χ0n) is 9.66. The van der Waals surface area contributed by atoms with Crippen molar-refractivity contribution < 1.29 is 9.53 Å². The zero-order valence-corrected chi connectivity index (χ0v) is 10.5. The zero-order chi connectivity index (χ0) is 12.8. The standard InChI is InChI=1S/C12H11N3O2S/c1-17-12-13-7-9(8-14-12)15-11(16)5-4-10-3-2-6-18-10/h2-8H,1H3,(H,15,16)/b5-4+. The van der Waals surface area contributed by atoms with E-state index in [-0.39, 0.29) is 11.9 Å². The molecule has 0 radical (unpaired) electrons. The van der Waals surface area contributed by atoms with E-state index in [1.54, 1.807) is 17.4 Å².